The van der Waals surface area contributed by atoms with Gasteiger partial charge in [-0.15, -0.1) is 0 Å². The highest BCUT2D eigenvalue weighted by molar-refractivity contribution is 5.78. The summed E-state index contributed by atoms with van der Waals surface area (Å²) in [6.45, 7) is 4.05. The molecule has 1 aromatic rings. The van der Waals surface area contributed by atoms with Gasteiger partial charge in [-0.2, -0.15) is 0 Å². The summed E-state index contributed by atoms with van der Waals surface area (Å²) in [4.78, 5) is 13.8. The zero-order chi connectivity index (χ0) is 13.2. The Morgan fingerprint density at radius 2 is 2.11 bits per heavy atom. The normalized spacial score (nSPS) is 18.9. The molecule has 0 spiro atoms. The van der Waals surface area contributed by atoms with Crippen LogP contribution in [0.1, 0.15) is 43.7 Å². The van der Waals surface area contributed by atoms with Crippen molar-refractivity contribution < 1.29 is 4.79 Å². The van der Waals surface area contributed by atoms with Crippen molar-refractivity contribution in [2.75, 3.05) is 18.0 Å². The van der Waals surface area contributed by atoms with Crippen LogP contribution in [0.3, 0.4) is 0 Å². The third-order valence-corrected chi connectivity index (χ3v) is 4.55. The molecule has 1 fully saturated rings. The molecule has 2 nitrogen and oxygen atoms in total. The van der Waals surface area contributed by atoms with Gasteiger partial charge in [0.25, 0.3) is 0 Å². The summed E-state index contributed by atoms with van der Waals surface area (Å²) in [5.74, 6) is 1.14. The molecule has 2 aliphatic rings. The number of rotatable bonds is 4. The summed E-state index contributed by atoms with van der Waals surface area (Å²) in [5.41, 5.74) is 4.03. The number of hydrogen-bond acceptors (Lipinski definition) is 2. The number of anilines is 1. The van der Waals surface area contributed by atoms with Crippen molar-refractivity contribution in [2.24, 2.45) is 5.92 Å². The molecule has 1 aromatic carbocycles. The smallest absolute Gasteiger partial charge is 0.134 e. The molecule has 1 heterocycles. The third-order valence-electron chi connectivity index (χ3n) is 4.55. The molecule has 0 bridgehead atoms. The summed E-state index contributed by atoms with van der Waals surface area (Å²) < 4.78 is 0. The molecule has 2 heteroatoms. The van der Waals surface area contributed by atoms with Crippen molar-refractivity contribution in [3.05, 3.63) is 29.3 Å². The van der Waals surface area contributed by atoms with Crippen LogP contribution in [-0.2, 0) is 17.6 Å². The number of ketones is 1. The number of fused-ring (bicyclic) bond motifs is 1. The molecule has 102 valence electrons. The first-order valence-corrected chi connectivity index (χ1v) is 7.58. The molecule has 0 radical (unpaired) electrons. The standard InChI is InChI=1S/C17H23NO/c1-13(19)10-15-6-7-16-8-9-18(17(16)11-15)12-14-4-2-3-5-14/h6-7,11,14H,2-5,8-10,12H2,1H3. The lowest BCUT2D eigenvalue weighted by molar-refractivity contribution is -0.116. The predicted octanol–water partition coefficient (Wildman–Crippen LogP) is 3.37. The highest BCUT2D eigenvalue weighted by Gasteiger charge is 2.24. The van der Waals surface area contributed by atoms with Crippen molar-refractivity contribution in [1.82, 2.24) is 0 Å². The molecular formula is C17H23NO. The maximum absolute atomic E-state index is 11.3. The van der Waals surface area contributed by atoms with Crippen molar-refractivity contribution in [1.29, 1.82) is 0 Å². The van der Waals surface area contributed by atoms with Crippen LogP contribution in [0.2, 0.25) is 0 Å². The van der Waals surface area contributed by atoms with E-state index in [-0.39, 0.29) is 5.78 Å². The molecule has 0 unspecified atom stereocenters. The number of Topliss-reactive ketones (excluding diaryl/α,β-unsaturated/α-hetero) is 1. The summed E-state index contributed by atoms with van der Waals surface area (Å²) >= 11 is 0. The zero-order valence-electron chi connectivity index (χ0n) is 11.8. The number of carbonyl (C=O) groups is 1. The van der Waals surface area contributed by atoms with E-state index in [0.717, 1.165) is 12.5 Å². The maximum atomic E-state index is 11.3. The Morgan fingerprint density at radius 3 is 2.84 bits per heavy atom. The maximum Gasteiger partial charge on any atom is 0.134 e. The lowest BCUT2D eigenvalue weighted by Crippen LogP contribution is -2.26. The average molecular weight is 257 g/mol. The van der Waals surface area contributed by atoms with Crippen LogP contribution in [-0.4, -0.2) is 18.9 Å². The van der Waals surface area contributed by atoms with Gasteiger partial charge >= 0.3 is 0 Å². The topological polar surface area (TPSA) is 20.3 Å². The van der Waals surface area contributed by atoms with E-state index in [1.54, 1.807) is 6.92 Å². The second kappa shape index (κ2) is 5.36. The van der Waals surface area contributed by atoms with Crippen LogP contribution in [0.5, 0.6) is 0 Å². The molecule has 3 rings (SSSR count). The van der Waals surface area contributed by atoms with E-state index in [1.165, 1.54) is 55.5 Å². The molecule has 0 atom stereocenters. The van der Waals surface area contributed by atoms with Gasteiger partial charge < -0.3 is 4.90 Å². The molecule has 0 amide bonds. The van der Waals surface area contributed by atoms with Crippen LogP contribution in [0.4, 0.5) is 5.69 Å². The molecule has 0 saturated heterocycles. The lowest BCUT2D eigenvalue weighted by atomic mass is 10.0. The highest BCUT2D eigenvalue weighted by atomic mass is 16.1. The average Bonchev–Trinajstić information content (AvgIpc) is 3.00. The summed E-state index contributed by atoms with van der Waals surface area (Å²) in [6.07, 6.45) is 7.37. The molecule has 19 heavy (non-hydrogen) atoms. The van der Waals surface area contributed by atoms with Gasteiger partial charge in [-0.05, 0) is 49.3 Å². The second-order valence-corrected chi connectivity index (χ2v) is 6.19. The highest BCUT2D eigenvalue weighted by Crippen LogP contribution is 2.33. The largest absolute Gasteiger partial charge is 0.371 e. The first-order valence-electron chi connectivity index (χ1n) is 7.58. The number of nitrogens with zero attached hydrogens (tertiary/aromatic N) is 1. The Bertz CT molecular complexity index is 474. The van der Waals surface area contributed by atoms with Crippen LogP contribution >= 0.6 is 0 Å². The first-order chi connectivity index (χ1) is 9.22. The Balaban J connectivity index is 1.75. The van der Waals surface area contributed by atoms with Crippen LogP contribution < -0.4 is 4.90 Å². The van der Waals surface area contributed by atoms with Gasteiger partial charge in [0.1, 0.15) is 5.78 Å². The van der Waals surface area contributed by atoms with E-state index in [4.69, 9.17) is 0 Å². The summed E-state index contributed by atoms with van der Waals surface area (Å²) in [6, 6.07) is 6.60. The Hall–Kier alpha value is -1.31. The number of hydrogen-bond donors (Lipinski definition) is 0. The van der Waals surface area contributed by atoms with Crippen molar-refractivity contribution in [3.63, 3.8) is 0 Å². The van der Waals surface area contributed by atoms with Gasteiger partial charge in [-0.25, -0.2) is 0 Å². The van der Waals surface area contributed by atoms with Crippen LogP contribution in [0.15, 0.2) is 18.2 Å². The minimum Gasteiger partial charge on any atom is -0.371 e. The molecule has 0 N–H and O–H groups in total. The van der Waals surface area contributed by atoms with Gasteiger partial charge in [-0.1, -0.05) is 25.0 Å². The molecule has 1 saturated carbocycles. The molecule has 0 aromatic heterocycles. The number of benzene rings is 1. The van der Waals surface area contributed by atoms with Gasteiger partial charge in [-0.3, -0.25) is 4.79 Å². The Morgan fingerprint density at radius 1 is 1.32 bits per heavy atom. The Labute approximate surface area is 115 Å². The predicted molar refractivity (Wildman–Crippen MR) is 78.7 cm³/mol. The fourth-order valence-electron chi connectivity index (χ4n) is 3.58. The van der Waals surface area contributed by atoms with E-state index < -0.39 is 0 Å². The van der Waals surface area contributed by atoms with Gasteiger partial charge in [0.05, 0.1) is 0 Å². The minimum atomic E-state index is 0.250. The zero-order valence-corrected chi connectivity index (χ0v) is 11.8. The van der Waals surface area contributed by atoms with E-state index in [9.17, 15) is 4.79 Å². The number of carbonyl (C=O) groups excluding carboxylic acids is 1. The van der Waals surface area contributed by atoms with Gasteiger partial charge in [0.15, 0.2) is 0 Å². The van der Waals surface area contributed by atoms with Crippen molar-refractivity contribution in [2.45, 2.75) is 45.4 Å². The SMILES string of the molecule is CC(=O)Cc1ccc2c(c1)N(CC1CCCC1)CC2. The van der Waals surface area contributed by atoms with E-state index >= 15 is 0 Å². The fourth-order valence-corrected chi connectivity index (χ4v) is 3.58. The summed E-state index contributed by atoms with van der Waals surface area (Å²) in [7, 11) is 0. The Kier molecular flexibility index (Phi) is 3.58. The molecule has 1 aliphatic carbocycles. The van der Waals surface area contributed by atoms with Crippen LogP contribution in [0, 0.1) is 5.92 Å². The minimum absolute atomic E-state index is 0.250. The van der Waals surface area contributed by atoms with Crippen molar-refractivity contribution in [3.8, 4) is 0 Å². The van der Waals surface area contributed by atoms with E-state index in [1.807, 2.05) is 0 Å². The third kappa shape index (κ3) is 2.83. The van der Waals surface area contributed by atoms with Crippen LogP contribution in [0.25, 0.3) is 0 Å². The van der Waals surface area contributed by atoms with E-state index in [2.05, 4.69) is 23.1 Å². The monoisotopic (exact) mass is 257 g/mol. The second-order valence-electron chi connectivity index (χ2n) is 6.19. The molecule has 1 aliphatic heterocycles. The fraction of sp³-hybridized carbons (Fsp3) is 0.588. The summed E-state index contributed by atoms with van der Waals surface area (Å²) in [5, 5.41) is 0. The first kappa shape index (κ1) is 12.7. The van der Waals surface area contributed by atoms with E-state index in [0.29, 0.717) is 6.42 Å². The quantitative estimate of drug-likeness (QED) is 0.824. The van der Waals surface area contributed by atoms with Crippen molar-refractivity contribution >= 4 is 11.5 Å². The van der Waals surface area contributed by atoms with Gasteiger partial charge in [0, 0.05) is 25.2 Å². The lowest BCUT2D eigenvalue weighted by Gasteiger charge is -2.23. The molecular weight excluding hydrogens is 234 g/mol. The van der Waals surface area contributed by atoms with Gasteiger partial charge in [0.2, 0.25) is 0 Å².